The molecule has 0 aromatic carbocycles. The molecule has 150 valence electrons. The van der Waals surface area contributed by atoms with Gasteiger partial charge in [-0.05, 0) is 37.8 Å². The number of thiophene rings is 1. The van der Waals surface area contributed by atoms with Crippen molar-refractivity contribution in [3.63, 3.8) is 0 Å². The third-order valence-corrected chi connectivity index (χ3v) is 7.39. The number of hydrogen-bond donors (Lipinski definition) is 2. The Hall–Kier alpha value is -1.80. The molecule has 0 spiro atoms. The third kappa shape index (κ3) is 3.37. The summed E-state index contributed by atoms with van der Waals surface area (Å²) in [5, 5.41) is 7.63. The fraction of sp³-hybridized carbons (Fsp3) is 0.600. The van der Waals surface area contributed by atoms with Crippen molar-refractivity contribution < 1.29 is 13.6 Å². The first kappa shape index (κ1) is 18.2. The lowest BCUT2D eigenvalue weighted by Gasteiger charge is -2.36. The molecule has 1 saturated carbocycles. The minimum absolute atomic E-state index is 0.156. The fourth-order valence-electron chi connectivity index (χ4n) is 4.75. The molecular formula is C20H24F2N4OS. The van der Waals surface area contributed by atoms with Crippen LogP contribution in [0.5, 0.6) is 0 Å². The number of alkyl halides is 2. The average Bonchev–Trinajstić information content (AvgIpc) is 3.20. The van der Waals surface area contributed by atoms with Gasteiger partial charge in [-0.2, -0.15) is 0 Å². The summed E-state index contributed by atoms with van der Waals surface area (Å²) >= 11 is 1.69. The maximum absolute atomic E-state index is 13.3. The van der Waals surface area contributed by atoms with Gasteiger partial charge in [-0.1, -0.05) is 0 Å². The SMILES string of the molecule is O=C(NC1CCC(F)(F)CC1)c1cnc2cc(N3C4CCC3CNC4)sc2c1. The molecule has 3 aliphatic rings. The lowest BCUT2D eigenvalue weighted by molar-refractivity contribution is -0.0399. The van der Waals surface area contributed by atoms with E-state index in [1.807, 2.05) is 6.07 Å². The van der Waals surface area contributed by atoms with E-state index in [2.05, 4.69) is 26.6 Å². The maximum Gasteiger partial charge on any atom is 0.253 e. The van der Waals surface area contributed by atoms with Gasteiger partial charge >= 0.3 is 0 Å². The van der Waals surface area contributed by atoms with E-state index >= 15 is 0 Å². The van der Waals surface area contributed by atoms with Gasteiger partial charge in [-0.15, -0.1) is 11.3 Å². The van der Waals surface area contributed by atoms with Crippen molar-refractivity contribution in [2.75, 3.05) is 18.0 Å². The van der Waals surface area contributed by atoms with Crippen molar-refractivity contribution >= 4 is 32.5 Å². The largest absolute Gasteiger partial charge is 0.355 e. The molecule has 2 N–H and O–H groups in total. The Morgan fingerprint density at radius 2 is 1.89 bits per heavy atom. The summed E-state index contributed by atoms with van der Waals surface area (Å²) in [5.74, 6) is -2.81. The maximum atomic E-state index is 13.3. The van der Waals surface area contributed by atoms with Crippen LogP contribution in [0.15, 0.2) is 18.3 Å². The molecule has 8 heteroatoms. The molecule has 4 heterocycles. The van der Waals surface area contributed by atoms with Crippen LogP contribution in [0.25, 0.3) is 10.2 Å². The summed E-state index contributed by atoms with van der Waals surface area (Å²) < 4.78 is 27.6. The zero-order valence-corrected chi connectivity index (χ0v) is 16.4. The second-order valence-electron chi connectivity index (χ2n) is 8.25. The van der Waals surface area contributed by atoms with Crippen LogP contribution >= 0.6 is 11.3 Å². The van der Waals surface area contributed by atoms with Crippen molar-refractivity contribution in [3.05, 3.63) is 23.9 Å². The number of carbonyl (C=O) groups excluding carboxylic acids is 1. The number of nitrogens with zero attached hydrogens (tertiary/aromatic N) is 2. The van der Waals surface area contributed by atoms with Crippen LogP contribution < -0.4 is 15.5 Å². The Balaban J connectivity index is 1.32. The molecule has 3 fully saturated rings. The second-order valence-corrected chi connectivity index (χ2v) is 9.31. The van der Waals surface area contributed by atoms with Gasteiger partial charge in [0.05, 0.1) is 20.8 Å². The van der Waals surface area contributed by atoms with E-state index in [-0.39, 0.29) is 24.8 Å². The van der Waals surface area contributed by atoms with Gasteiger partial charge in [0.1, 0.15) is 0 Å². The highest BCUT2D eigenvalue weighted by Crippen LogP contribution is 2.39. The molecule has 5 nitrogen and oxygen atoms in total. The Bertz CT molecular complexity index is 875. The number of halogens is 2. The summed E-state index contributed by atoms with van der Waals surface area (Å²) in [6.45, 7) is 2.04. The molecule has 1 amide bonds. The monoisotopic (exact) mass is 406 g/mol. The van der Waals surface area contributed by atoms with Crippen molar-refractivity contribution in [3.8, 4) is 0 Å². The molecule has 28 heavy (non-hydrogen) atoms. The minimum atomic E-state index is -2.58. The number of hydrogen-bond acceptors (Lipinski definition) is 5. The normalized spacial score (nSPS) is 27.3. The van der Waals surface area contributed by atoms with Crippen molar-refractivity contribution in [1.82, 2.24) is 15.6 Å². The number of fused-ring (bicyclic) bond motifs is 3. The second kappa shape index (κ2) is 6.91. The molecule has 0 radical (unpaired) electrons. The van der Waals surface area contributed by atoms with E-state index in [0.29, 0.717) is 30.5 Å². The van der Waals surface area contributed by atoms with E-state index < -0.39 is 5.92 Å². The zero-order chi connectivity index (χ0) is 19.3. The Morgan fingerprint density at radius 3 is 2.61 bits per heavy atom. The van der Waals surface area contributed by atoms with Gasteiger partial charge < -0.3 is 15.5 Å². The number of carbonyl (C=O) groups is 1. The van der Waals surface area contributed by atoms with Crippen LogP contribution in [-0.2, 0) is 0 Å². The van der Waals surface area contributed by atoms with Gasteiger partial charge in [-0.25, -0.2) is 8.78 Å². The first-order valence-corrected chi connectivity index (χ1v) is 10.9. The Morgan fingerprint density at radius 1 is 1.18 bits per heavy atom. The molecule has 1 aliphatic carbocycles. The quantitative estimate of drug-likeness (QED) is 0.819. The smallest absolute Gasteiger partial charge is 0.253 e. The van der Waals surface area contributed by atoms with E-state index in [9.17, 15) is 13.6 Å². The summed E-state index contributed by atoms with van der Waals surface area (Å²) in [4.78, 5) is 19.6. The van der Waals surface area contributed by atoms with Crippen LogP contribution in [0, 0.1) is 0 Å². The van der Waals surface area contributed by atoms with Gasteiger partial charge in [0.2, 0.25) is 5.92 Å². The van der Waals surface area contributed by atoms with Crippen LogP contribution in [0.4, 0.5) is 13.8 Å². The molecule has 5 rings (SSSR count). The van der Waals surface area contributed by atoms with E-state index in [1.165, 1.54) is 17.8 Å². The lowest BCUT2D eigenvalue weighted by Crippen LogP contribution is -2.51. The molecule has 2 aromatic heterocycles. The first-order chi connectivity index (χ1) is 13.5. The fourth-order valence-corrected chi connectivity index (χ4v) is 5.95. The average molecular weight is 407 g/mol. The summed E-state index contributed by atoms with van der Waals surface area (Å²) in [5.41, 5.74) is 1.41. The van der Waals surface area contributed by atoms with Crippen LogP contribution in [0.2, 0.25) is 0 Å². The highest BCUT2D eigenvalue weighted by Gasteiger charge is 2.37. The molecule has 2 aliphatic heterocycles. The number of rotatable bonds is 3. The summed E-state index contributed by atoms with van der Waals surface area (Å²) in [6, 6.07) is 4.91. The lowest BCUT2D eigenvalue weighted by atomic mass is 9.92. The number of anilines is 1. The topological polar surface area (TPSA) is 57.3 Å². The molecule has 2 atom stereocenters. The molecule has 2 aromatic rings. The number of aromatic nitrogens is 1. The van der Waals surface area contributed by atoms with Gasteiger partial charge in [0.15, 0.2) is 0 Å². The third-order valence-electron chi connectivity index (χ3n) is 6.31. The van der Waals surface area contributed by atoms with Gasteiger partial charge in [0.25, 0.3) is 5.91 Å². The van der Waals surface area contributed by atoms with E-state index in [0.717, 1.165) is 23.3 Å². The van der Waals surface area contributed by atoms with E-state index in [1.54, 1.807) is 17.5 Å². The van der Waals surface area contributed by atoms with E-state index in [4.69, 9.17) is 0 Å². The van der Waals surface area contributed by atoms with Gasteiger partial charge in [-0.3, -0.25) is 9.78 Å². The zero-order valence-electron chi connectivity index (χ0n) is 15.6. The minimum Gasteiger partial charge on any atom is -0.355 e. The predicted octanol–water partition coefficient (Wildman–Crippen LogP) is 3.54. The summed E-state index contributed by atoms with van der Waals surface area (Å²) in [6.07, 6.45) is 4.36. The Labute approximate surface area is 166 Å². The predicted molar refractivity (Wildman–Crippen MR) is 106 cm³/mol. The van der Waals surface area contributed by atoms with Crippen LogP contribution in [-0.4, -0.2) is 48.0 Å². The molecule has 2 saturated heterocycles. The van der Waals surface area contributed by atoms with Crippen LogP contribution in [0.3, 0.4) is 0 Å². The molecule has 2 bridgehead atoms. The highest BCUT2D eigenvalue weighted by atomic mass is 32.1. The van der Waals surface area contributed by atoms with Crippen molar-refractivity contribution in [2.24, 2.45) is 0 Å². The number of piperazine rings is 1. The number of amides is 1. The van der Waals surface area contributed by atoms with Crippen molar-refractivity contribution in [1.29, 1.82) is 0 Å². The molecule has 2 unspecified atom stereocenters. The highest BCUT2D eigenvalue weighted by molar-refractivity contribution is 7.22. The Kier molecular flexibility index (Phi) is 4.50. The standard InChI is InChI=1S/C20H24F2N4OS/c21-20(22)5-3-13(4-6-20)25-19(27)12-7-17-16(24-9-12)8-18(28-17)26-14-1-2-15(26)11-23-10-14/h7-9,13-15,23H,1-6,10-11H2,(H,25,27). The van der Waals surface area contributed by atoms with Gasteiger partial charge in [0, 0.05) is 50.3 Å². The first-order valence-electron chi connectivity index (χ1n) is 10.1. The number of pyridine rings is 1. The number of nitrogens with one attached hydrogen (secondary N) is 2. The summed E-state index contributed by atoms with van der Waals surface area (Å²) in [7, 11) is 0. The molecular weight excluding hydrogens is 382 g/mol. The van der Waals surface area contributed by atoms with Crippen molar-refractivity contribution in [2.45, 2.75) is 62.6 Å². The van der Waals surface area contributed by atoms with Crippen LogP contribution in [0.1, 0.15) is 48.9 Å².